The molecule has 7 heteroatoms. The maximum atomic E-state index is 6.22. The van der Waals surface area contributed by atoms with Crippen molar-refractivity contribution in [1.29, 1.82) is 0 Å². The molecule has 0 aliphatic carbocycles. The summed E-state index contributed by atoms with van der Waals surface area (Å²) in [6.45, 7) is 14.3. The number of hydrogen-bond donors (Lipinski definition) is 0. The molecule has 0 saturated carbocycles. The highest BCUT2D eigenvalue weighted by molar-refractivity contribution is 8.01. The quantitative estimate of drug-likeness (QED) is 0.191. The molecule has 4 heterocycles. The summed E-state index contributed by atoms with van der Waals surface area (Å²) < 4.78 is 15.0. The summed E-state index contributed by atoms with van der Waals surface area (Å²) in [7, 11) is 0. The second-order valence-corrected chi connectivity index (χ2v) is 15.8. The third kappa shape index (κ3) is 5.44. The van der Waals surface area contributed by atoms with Crippen molar-refractivity contribution in [2.75, 3.05) is 13.2 Å². The van der Waals surface area contributed by atoms with Crippen molar-refractivity contribution < 1.29 is 9.47 Å². The second kappa shape index (κ2) is 11.0. The molecule has 0 amide bonds. The first-order valence-electron chi connectivity index (χ1n) is 12.9. The van der Waals surface area contributed by atoms with Gasteiger partial charge in [-0.3, -0.25) is 0 Å². The van der Waals surface area contributed by atoms with Gasteiger partial charge < -0.3 is 9.47 Å². The molecule has 0 N–H and O–H groups in total. The lowest BCUT2D eigenvalue weighted by Gasteiger charge is -2.16. The molecule has 0 fully saturated rings. The number of ether oxygens (including phenoxy) is 2. The molecular formula is C32H30O2S5. The average Bonchev–Trinajstić information content (AvgIpc) is 3.62. The molecule has 0 radical (unpaired) electrons. The van der Waals surface area contributed by atoms with Gasteiger partial charge in [0, 0.05) is 19.5 Å². The van der Waals surface area contributed by atoms with E-state index in [2.05, 4.69) is 90.1 Å². The van der Waals surface area contributed by atoms with E-state index in [9.17, 15) is 0 Å². The summed E-state index contributed by atoms with van der Waals surface area (Å²) in [4.78, 5) is 7.50. The maximum absolute atomic E-state index is 6.22. The fourth-order valence-corrected chi connectivity index (χ4v) is 10.9. The van der Waals surface area contributed by atoms with E-state index in [1.807, 2.05) is 46.2 Å². The van der Waals surface area contributed by atoms with Gasteiger partial charge in [0.05, 0.1) is 18.2 Å². The summed E-state index contributed by atoms with van der Waals surface area (Å²) in [5.41, 5.74) is 7.97. The molecule has 0 bridgehead atoms. The van der Waals surface area contributed by atoms with Gasteiger partial charge in [0.2, 0.25) is 0 Å². The highest BCUT2D eigenvalue weighted by atomic mass is 32.2. The van der Waals surface area contributed by atoms with E-state index in [0.717, 1.165) is 11.5 Å². The lowest BCUT2D eigenvalue weighted by atomic mass is 10.1. The second-order valence-electron chi connectivity index (χ2n) is 10.0. The van der Waals surface area contributed by atoms with Crippen LogP contribution in [0.15, 0.2) is 66.7 Å². The van der Waals surface area contributed by atoms with Crippen molar-refractivity contribution in [2.45, 2.75) is 59.8 Å². The van der Waals surface area contributed by atoms with Gasteiger partial charge in [-0.1, -0.05) is 58.9 Å². The van der Waals surface area contributed by atoms with Crippen molar-refractivity contribution in [1.82, 2.24) is 0 Å². The lowest BCUT2D eigenvalue weighted by molar-refractivity contribution is 0.175. The first-order valence-corrected chi connectivity index (χ1v) is 17.0. The molecule has 0 saturated heterocycles. The normalized spacial score (nSPS) is 12.8. The Morgan fingerprint density at radius 2 is 0.923 bits per heavy atom. The van der Waals surface area contributed by atoms with Crippen molar-refractivity contribution in [3.8, 4) is 31.0 Å². The predicted octanol–water partition coefficient (Wildman–Crippen LogP) is 11.1. The van der Waals surface area contributed by atoms with E-state index in [-0.39, 0.29) is 0 Å². The van der Waals surface area contributed by atoms with Gasteiger partial charge in [-0.25, -0.2) is 0 Å². The molecule has 0 unspecified atom stereocenters. The Balaban J connectivity index is 1.31. The molecule has 39 heavy (non-hydrogen) atoms. The molecule has 0 atom stereocenters. The summed E-state index contributed by atoms with van der Waals surface area (Å²) in [6.07, 6.45) is 0. The van der Waals surface area contributed by atoms with Crippen molar-refractivity contribution in [3.63, 3.8) is 0 Å². The van der Waals surface area contributed by atoms with E-state index in [0.29, 0.717) is 13.2 Å². The molecule has 2 aromatic carbocycles. The van der Waals surface area contributed by atoms with Crippen LogP contribution in [-0.2, 0) is 0 Å². The van der Waals surface area contributed by atoms with Crippen LogP contribution in [0, 0.1) is 41.5 Å². The zero-order valence-electron chi connectivity index (χ0n) is 22.9. The zero-order chi connectivity index (χ0) is 27.3. The molecular weight excluding hydrogens is 577 g/mol. The van der Waals surface area contributed by atoms with E-state index in [1.54, 1.807) is 11.3 Å². The number of benzene rings is 2. The van der Waals surface area contributed by atoms with Crippen LogP contribution in [0.5, 0.6) is 11.5 Å². The fourth-order valence-electron chi connectivity index (χ4n) is 5.13. The number of hydrogen-bond acceptors (Lipinski definition) is 7. The minimum atomic E-state index is 0.586. The molecule has 2 nitrogen and oxygen atoms in total. The van der Waals surface area contributed by atoms with Gasteiger partial charge in [0.15, 0.2) is 11.5 Å². The smallest absolute Gasteiger partial charge is 0.181 e. The van der Waals surface area contributed by atoms with E-state index in [4.69, 9.17) is 9.47 Å². The van der Waals surface area contributed by atoms with Crippen molar-refractivity contribution in [2.24, 2.45) is 0 Å². The van der Waals surface area contributed by atoms with Crippen molar-refractivity contribution in [3.05, 3.63) is 81.9 Å². The largest absolute Gasteiger partial charge is 0.485 e. The Hall–Kier alpha value is -2.16. The Morgan fingerprint density at radius 1 is 0.538 bits per heavy atom. The highest BCUT2D eigenvalue weighted by Gasteiger charge is 2.28. The van der Waals surface area contributed by atoms with Gasteiger partial charge in [0.25, 0.3) is 0 Å². The van der Waals surface area contributed by atoms with Gasteiger partial charge in [0.1, 0.15) is 13.2 Å². The first kappa shape index (κ1) is 27.0. The van der Waals surface area contributed by atoms with Crippen LogP contribution in [0.3, 0.4) is 0 Å². The number of rotatable bonds is 6. The summed E-state index contributed by atoms with van der Waals surface area (Å²) in [5.74, 6) is 1.80. The van der Waals surface area contributed by atoms with Gasteiger partial charge in [-0.2, -0.15) is 0 Å². The number of fused-ring (bicyclic) bond motifs is 1. The Kier molecular flexibility index (Phi) is 7.64. The SMILES string of the molecule is Cc1cc(C)c(Sc2ccc(-c3sc(-c4ccc(Sc5c(C)cc(C)cc5C)s4)c4c3OCCO4)s2)c(C)c1. The molecule has 1 aliphatic rings. The molecule has 3 aromatic heterocycles. The molecule has 200 valence electrons. The van der Waals surface area contributed by atoms with Crippen LogP contribution in [0.1, 0.15) is 33.4 Å². The van der Waals surface area contributed by atoms with Gasteiger partial charge >= 0.3 is 0 Å². The van der Waals surface area contributed by atoms with Crippen LogP contribution in [0.4, 0.5) is 0 Å². The standard InChI is InChI=1S/C32H30O2S5/c1-17-13-19(3)29(20(4)14-17)37-25-9-7-23(35-25)31-27-28(34-12-11-33-27)32(39-31)24-8-10-26(36-24)38-30-21(5)15-18(2)16-22(30)6/h7-10,13-16H,11-12H2,1-6H3. The fraction of sp³-hybridized carbons (Fsp3) is 0.250. The first-order chi connectivity index (χ1) is 18.8. The van der Waals surface area contributed by atoms with E-state index in [1.165, 1.54) is 71.1 Å². The van der Waals surface area contributed by atoms with Crippen LogP contribution in [0.2, 0.25) is 0 Å². The zero-order valence-corrected chi connectivity index (χ0v) is 27.0. The van der Waals surface area contributed by atoms with Crippen LogP contribution >= 0.6 is 57.5 Å². The molecule has 0 spiro atoms. The Morgan fingerprint density at radius 3 is 1.31 bits per heavy atom. The highest BCUT2D eigenvalue weighted by Crippen LogP contribution is 2.57. The maximum Gasteiger partial charge on any atom is 0.181 e. The van der Waals surface area contributed by atoms with E-state index < -0.39 is 0 Å². The Labute approximate surface area is 251 Å². The topological polar surface area (TPSA) is 18.5 Å². The summed E-state index contributed by atoms with van der Waals surface area (Å²) >= 11 is 9.18. The summed E-state index contributed by atoms with van der Waals surface area (Å²) in [5, 5.41) is 0. The van der Waals surface area contributed by atoms with Gasteiger partial charge in [-0.05, 0) is 88.1 Å². The van der Waals surface area contributed by atoms with E-state index >= 15 is 0 Å². The number of aryl methyl sites for hydroxylation is 6. The third-order valence-corrected chi connectivity index (χ3v) is 13.3. The lowest BCUT2D eigenvalue weighted by Crippen LogP contribution is -2.14. The van der Waals surface area contributed by atoms with Crippen molar-refractivity contribution >= 4 is 57.5 Å². The average molecular weight is 607 g/mol. The molecule has 6 rings (SSSR count). The minimum Gasteiger partial charge on any atom is -0.485 e. The Bertz CT molecular complexity index is 1520. The van der Waals surface area contributed by atoms with Gasteiger partial charge in [-0.15, -0.1) is 34.0 Å². The van der Waals surface area contributed by atoms with Crippen LogP contribution in [-0.4, -0.2) is 13.2 Å². The predicted molar refractivity (Wildman–Crippen MR) is 171 cm³/mol. The monoisotopic (exact) mass is 606 g/mol. The van der Waals surface area contributed by atoms with Crippen LogP contribution in [0.25, 0.3) is 19.5 Å². The summed E-state index contributed by atoms with van der Waals surface area (Å²) in [6, 6.07) is 18.0. The molecule has 1 aliphatic heterocycles. The van der Waals surface area contributed by atoms with Crippen LogP contribution < -0.4 is 9.47 Å². The third-order valence-electron chi connectivity index (χ3n) is 6.62. The molecule has 5 aromatic rings. The minimum absolute atomic E-state index is 0.586. The number of thiophene rings is 3.